The van der Waals surface area contributed by atoms with Crippen LogP contribution in [0.3, 0.4) is 0 Å². The van der Waals surface area contributed by atoms with Gasteiger partial charge in [0.2, 0.25) is 0 Å². The molecular formula is C9H14N4O. The number of hydrogen-bond acceptors (Lipinski definition) is 3. The van der Waals surface area contributed by atoms with Crippen LogP contribution >= 0.6 is 0 Å². The fraction of sp³-hybridized carbons (Fsp3) is 0.556. The maximum atomic E-state index is 11.8. The smallest absolute Gasteiger partial charge is 0.274 e. The number of hydrogen-bond donors (Lipinski definition) is 1. The lowest BCUT2D eigenvalue weighted by atomic mass is 10.3. The Morgan fingerprint density at radius 2 is 2.50 bits per heavy atom. The second-order valence-corrected chi connectivity index (χ2v) is 3.72. The van der Waals surface area contributed by atoms with Crippen LogP contribution in [0.15, 0.2) is 12.5 Å². The number of carbonyl (C=O) groups is 1. The number of likely N-dealkylation sites (tertiary alicyclic amines) is 1. The summed E-state index contributed by atoms with van der Waals surface area (Å²) >= 11 is 0. The van der Waals surface area contributed by atoms with Gasteiger partial charge in [-0.2, -0.15) is 0 Å². The standard InChI is InChI=1S/C9H14N4O/c1-12-5-8(11-6-12)9(14)13-3-2-7(10)4-13/h5-7H,2-4,10H2,1H3/t7-/m1/s1. The zero-order valence-corrected chi connectivity index (χ0v) is 8.18. The average molecular weight is 194 g/mol. The second-order valence-electron chi connectivity index (χ2n) is 3.72. The van der Waals surface area contributed by atoms with Crippen molar-refractivity contribution in [3.8, 4) is 0 Å². The molecule has 1 atom stereocenters. The summed E-state index contributed by atoms with van der Waals surface area (Å²) in [7, 11) is 1.85. The van der Waals surface area contributed by atoms with Crippen molar-refractivity contribution in [2.75, 3.05) is 13.1 Å². The molecule has 1 aliphatic rings. The summed E-state index contributed by atoms with van der Waals surface area (Å²) in [6, 6.07) is 0.127. The van der Waals surface area contributed by atoms with E-state index in [1.807, 2.05) is 7.05 Å². The molecule has 0 bridgehead atoms. The van der Waals surface area contributed by atoms with E-state index in [9.17, 15) is 4.79 Å². The van der Waals surface area contributed by atoms with E-state index >= 15 is 0 Å². The molecule has 1 amide bonds. The highest BCUT2D eigenvalue weighted by Crippen LogP contribution is 2.10. The van der Waals surface area contributed by atoms with Gasteiger partial charge in [0.1, 0.15) is 5.69 Å². The van der Waals surface area contributed by atoms with Gasteiger partial charge < -0.3 is 15.2 Å². The quantitative estimate of drug-likeness (QED) is 0.661. The summed E-state index contributed by atoms with van der Waals surface area (Å²) in [6.45, 7) is 1.39. The second kappa shape index (κ2) is 3.42. The molecule has 1 aromatic rings. The normalized spacial score (nSPS) is 21.6. The van der Waals surface area contributed by atoms with Crippen LogP contribution in [0.4, 0.5) is 0 Å². The molecule has 76 valence electrons. The highest BCUT2D eigenvalue weighted by molar-refractivity contribution is 5.92. The van der Waals surface area contributed by atoms with Gasteiger partial charge in [0.25, 0.3) is 5.91 Å². The Kier molecular flexibility index (Phi) is 2.25. The minimum absolute atomic E-state index is 0.0152. The van der Waals surface area contributed by atoms with Gasteiger partial charge in [0, 0.05) is 32.4 Å². The van der Waals surface area contributed by atoms with Crippen molar-refractivity contribution in [1.82, 2.24) is 14.5 Å². The molecule has 2 heterocycles. The Morgan fingerprint density at radius 3 is 3.00 bits per heavy atom. The molecular weight excluding hydrogens is 180 g/mol. The molecule has 2 N–H and O–H groups in total. The van der Waals surface area contributed by atoms with E-state index in [1.54, 1.807) is 22.0 Å². The van der Waals surface area contributed by atoms with Crippen LogP contribution in [-0.2, 0) is 7.05 Å². The van der Waals surface area contributed by atoms with Gasteiger partial charge in [0.05, 0.1) is 6.33 Å². The van der Waals surface area contributed by atoms with Gasteiger partial charge in [-0.05, 0) is 6.42 Å². The molecule has 1 saturated heterocycles. The van der Waals surface area contributed by atoms with Crippen molar-refractivity contribution < 1.29 is 4.79 Å². The number of nitrogens with zero attached hydrogens (tertiary/aromatic N) is 3. The lowest BCUT2D eigenvalue weighted by molar-refractivity contribution is 0.0785. The van der Waals surface area contributed by atoms with E-state index in [4.69, 9.17) is 5.73 Å². The molecule has 0 saturated carbocycles. The van der Waals surface area contributed by atoms with E-state index in [-0.39, 0.29) is 11.9 Å². The molecule has 5 nitrogen and oxygen atoms in total. The average Bonchev–Trinajstić information content (AvgIpc) is 2.73. The number of nitrogens with two attached hydrogens (primary N) is 1. The van der Waals surface area contributed by atoms with Gasteiger partial charge in [-0.1, -0.05) is 0 Å². The Hall–Kier alpha value is -1.36. The van der Waals surface area contributed by atoms with E-state index in [2.05, 4.69) is 4.98 Å². The lowest BCUT2D eigenvalue weighted by Gasteiger charge is -2.13. The Balaban J connectivity index is 2.09. The molecule has 0 radical (unpaired) electrons. The molecule has 0 unspecified atom stereocenters. The fourth-order valence-corrected chi connectivity index (χ4v) is 1.66. The number of rotatable bonds is 1. The molecule has 1 aliphatic heterocycles. The monoisotopic (exact) mass is 194 g/mol. The number of carbonyl (C=O) groups excluding carboxylic acids is 1. The summed E-state index contributed by atoms with van der Waals surface area (Å²) < 4.78 is 1.77. The van der Waals surface area contributed by atoms with Crippen molar-refractivity contribution in [2.24, 2.45) is 12.8 Å². The largest absolute Gasteiger partial charge is 0.340 e. The van der Waals surface area contributed by atoms with Crippen LogP contribution in [-0.4, -0.2) is 39.5 Å². The number of aromatic nitrogens is 2. The van der Waals surface area contributed by atoms with Crippen LogP contribution in [0.2, 0.25) is 0 Å². The Labute approximate surface area is 82.5 Å². The summed E-state index contributed by atoms with van der Waals surface area (Å²) in [5.41, 5.74) is 6.23. The van der Waals surface area contributed by atoms with E-state index < -0.39 is 0 Å². The summed E-state index contributed by atoms with van der Waals surface area (Å²) in [4.78, 5) is 17.6. The zero-order chi connectivity index (χ0) is 10.1. The first kappa shape index (κ1) is 9.21. The van der Waals surface area contributed by atoms with Gasteiger partial charge in [-0.25, -0.2) is 4.98 Å². The van der Waals surface area contributed by atoms with Crippen molar-refractivity contribution in [1.29, 1.82) is 0 Å². The van der Waals surface area contributed by atoms with Crippen molar-refractivity contribution in [3.05, 3.63) is 18.2 Å². The minimum atomic E-state index is -0.0152. The van der Waals surface area contributed by atoms with Crippen LogP contribution < -0.4 is 5.73 Å². The van der Waals surface area contributed by atoms with Gasteiger partial charge >= 0.3 is 0 Å². The van der Waals surface area contributed by atoms with Crippen LogP contribution in [0.5, 0.6) is 0 Å². The van der Waals surface area contributed by atoms with Gasteiger partial charge in [-0.15, -0.1) is 0 Å². The fourth-order valence-electron chi connectivity index (χ4n) is 1.66. The third-order valence-electron chi connectivity index (χ3n) is 2.44. The topological polar surface area (TPSA) is 64.2 Å². The van der Waals surface area contributed by atoms with Gasteiger partial charge in [-0.3, -0.25) is 4.79 Å². The lowest BCUT2D eigenvalue weighted by Crippen LogP contribution is -2.32. The number of aryl methyl sites for hydroxylation is 1. The molecule has 1 aromatic heterocycles. The molecule has 0 aliphatic carbocycles. The predicted octanol–water partition coefficient (Wildman–Crippen LogP) is -0.407. The highest BCUT2D eigenvalue weighted by atomic mass is 16.2. The van der Waals surface area contributed by atoms with E-state index in [0.717, 1.165) is 13.0 Å². The van der Waals surface area contributed by atoms with Crippen molar-refractivity contribution in [3.63, 3.8) is 0 Å². The SMILES string of the molecule is Cn1cnc(C(=O)N2CC[C@@H](N)C2)c1. The number of imidazole rings is 1. The molecule has 2 rings (SSSR count). The number of amides is 1. The molecule has 0 aromatic carbocycles. The highest BCUT2D eigenvalue weighted by Gasteiger charge is 2.25. The first-order chi connectivity index (χ1) is 6.66. The Morgan fingerprint density at radius 1 is 1.71 bits per heavy atom. The van der Waals surface area contributed by atoms with E-state index in [1.165, 1.54) is 0 Å². The maximum Gasteiger partial charge on any atom is 0.274 e. The zero-order valence-electron chi connectivity index (χ0n) is 8.18. The summed E-state index contributed by atoms with van der Waals surface area (Å²) in [6.07, 6.45) is 4.24. The third kappa shape index (κ3) is 1.63. The minimum Gasteiger partial charge on any atom is -0.340 e. The summed E-state index contributed by atoms with van der Waals surface area (Å²) in [5.74, 6) is -0.0152. The summed E-state index contributed by atoms with van der Waals surface area (Å²) in [5, 5.41) is 0. The molecule has 0 spiro atoms. The van der Waals surface area contributed by atoms with Crippen LogP contribution in [0.25, 0.3) is 0 Å². The van der Waals surface area contributed by atoms with Crippen LogP contribution in [0, 0.1) is 0 Å². The molecule has 14 heavy (non-hydrogen) atoms. The molecule has 5 heteroatoms. The predicted molar refractivity (Wildman–Crippen MR) is 51.7 cm³/mol. The van der Waals surface area contributed by atoms with Gasteiger partial charge in [0.15, 0.2) is 0 Å². The van der Waals surface area contributed by atoms with Crippen molar-refractivity contribution >= 4 is 5.91 Å². The molecule has 1 fully saturated rings. The van der Waals surface area contributed by atoms with Crippen LogP contribution in [0.1, 0.15) is 16.9 Å². The first-order valence-corrected chi connectivity index (χ1v) is 4.69. The Bertz CT molecular complexity index is 346. The third-order valence-corrected chi connectivity index (χ3v) is 2.44. The first-order valence-electron chi connectivity index (χ1n) is 4.69. The van der Waals surface area contributed by atoms with E-state index in [0.29, 0.717) is 12.2 Å². The maximum absolute atomic E-state index is 11.8. The van der Waals surface area contributed by atoms with Crippen molar-refractivity contribution in [2.45, 2.75) is 12.5 Å².